The molecule has 1 aromatic carbocycles. The highest BCUT2D eigenvalue weighted by atomic mass is 32.2. The SMILES string of the molecule is COC(=NCc1c[nH]c2ccccc12)SC. The van der Waals surface area contributed by atoms with E-state index >= 15 is 0 Å². The fourth-order valence-electron chi connectivity index (χ4n) is 1.62. The van der Waals surface area contributed by atoms with Crippen LogP contribution >= 0.6 is 11.8 Å². The summed E-state index contributed by atoms with van der Waals surface area (Å²) < 4.78 is 5.11. The van der Waals surface area contributed by atoms with Gasteiger partial charge >= 0.3 is 0 Å². The second-order valence-corrected chi connectivity index (χ2v) is 4.11. The van der Waals surface area contributed by atoms with Gasteiger partial charge in [-0.05, 0) is 17.9 Å². The van der Waals surface area contributed by atoms with E-state index in [0.29, 0.717) is 11.8 Å². The summed E-state index contributed by atoms with van der Waals surface area (Å²) in [5, 5.41) is 1.94. The van der Waals surface area contributed by atoms with E-state index in [1.54, 1.807) is 7.11 Å². The van der Waals surface area contributed by atoms with Gasteiger partial charge in [-0.25, -0.2) is 4.99 Å². The minimum Gasteiger partial charge on any atom is -0.476 e. The monoisotopic (exact) mass is 234 g/mol. The predicted molar refractivity (Wildman–Crippen MR) is 70.0 cm³/mol. The van der Waals surface area contributed by atoms with Gasteiger partial charge in [-0.2, -0.15) is 0 Å². The minimum atomic E-state index is 0.647. The van der Waals surface area contributed by atoms with E-state index in [4.69, 9.17) is 4.74 Å². The number of thioether (sulfide) groups is 1. The Bertz CT molecular complexity index is 498. The van der Waals surface area contributed by atoms with Gasteiger partial charge in [0.25, 0.3) is 0 Å². The first-order valence-electron chi connectivity index (χ1n) is 5.02. The van der Waals surface area contributed by atoms with Gasteiger partial charge in [-0.3, -0.25) is 0 Å². The zero-order valence-corrected chi connectivity index (χ0v) is 10.2. The highest BCUT2D eigenvalue weighted by Gasteiger charge is 2.02. The number of para-hydroxylation sites is 1. The first-order chi connectivity index (χ1) is 7.85. The Morgan fingerprint density at radius 2 is 2.25 bits per heavy atom. The van der Waals surface area contributed by atoms with E-state index in [9.17, 15) is 0 Å². The van der Waals surface area contributed by atoms with Crippen molar-refractivity contribution in [2.75, 3.05) is 13.4 Å². The van der Waals surface area contributed by atoms with Crippen molar-refractivity contribution in [1.82, 2.24) is 4.98 Å². The minimum absolute atomic E-state index is 0.647. The molecule has 0 aliphatic carbocycles. The quantitative estimate of drug-likeness (QED) is 0.640. The Morgan fingerprint density at radius 1 is 1.44 bits per heavy atom. The number of hydrogen-bond donors (Lipinski definition) is 1. The number of aromatic amines is 1. The number of aliphatic imine (C=N–C) groups is 1. The van der Waals surface area contributed by atoms with Gasteiger partial charge in [0, 0.05) is 17.1 Å². The van der Waals surface area contributed by atoms with Gasteiger partial charge in [0.2, 0.25) is 5.23 Å². The average molecular weight is 234 g/mol. The van der Waals surface area contributed by atoms with Crippen molar-refractivity contribution >= 4 is 27.9 Å². The third-order valence-electron chi connectivity index (χ3n) is 2.40. The Morgan fingerprint density at radius 3 is 3.00 bits per heavy atom. The lowest BCUT2D eigenvalue weighted by Gasteiger charge is -2.00. The molecule has 84 valence electrons. The van der Waals surface area contributed by atoms with Crippen LogP contribution in [-0.2, 0) is 11.3 Å². The number of rotatable bonds is 2. The molecule has 2 rings (SSSR count). The first kappa shape index (κ1) is 11.1. The predicted octanol–water partition coefficient (Wildman–Crippen LogP) is 3.03. The third kappa shape index (κ3) is 2.22. The molecule has 0 radical (unpaired) electrons. The van der Waals surface area contributed by atoms with E-state index in [-0.39, 0.29) is 0 Å². The molecule has 0 unspecified atom stereocenters. The number of aromatic nitrogens is 1. The molecule has 0 saturated carbocycles. The number of ether oxygens (including phenoxy) is 1. The van der Waals surface area contributed by atoms with Crippen LogP contribution in [0.1, 0.15) is 5.56 Å². The molecule has 0 fully saturated rings. The maximum absolute atomic E-state index is 5.11. The second kappa shape index (κ2) is 5.07. The van der Waals surface area contributed by atoms with E-state index in [0.717, 1.165) is 5.52 Å². The summed E-state index contributed by atoms with van der Waals surface area (Å²) in [5.41, 5.74) is 2.34. The van der Waals surface area contributed by atoms with Crippen LogP contribution in [0.25, 0.3) is 10.9 Å². The lowest BCUT2D eigenvalue weighted by atomic mass is 10.2. The summed E-state index contributed by atoms with van der Waals surface area (Å²) in [7, 11) is 1.64. The molecular weight excluding hydrogens is 220 g/mol. The number of hydrogen-bond acceptors (Lipinski definition) is 3. The zero-order chi connectivity index (χ0) is 11.4. The molecule has 16 heavy (non-hydrogen) atoms. The molecule has 1 N–H and O–H groups in total. The van der Waals surface area contributed by atoms with Crippen LogP contribution in [0.5, 0.6) is 0 Å². The van der Waals surface area contributed by atoms with E-state index in [1.807, 2.05) is 24.6 Å². The molecule has 1 heterocycles. The Kier molecular flexibility index (Phi) is 3.51. The van der Waals surface area contributed by atoms with Gasteiger partial charge in [0.05, 0.1) is 13.7 Å². The number of nitrogens with zero attached hydrogens (tertiary/aromatic N) is 1. The lowest BCUT2D eigenvalue weighted by Crippen LogP contribution is -1.94. The van der Waals surface area contributed by atoms with Gasteiger partial charge in [-0.1, -0.05) is 30.0 Å². The zero-order valence-electron chi connectivity index (χ0n) is 9.36. The molecule has 0 saturated heterocycles. The summed E-state index contributed by atoms with van der Waals surface area (Å²) in [5.74, 6) is 0. The van der Waals surface area contributed by atoms with Gasteiger partial charge in [-0.15, -0.1) is 0 Å². The highest BCUT2D eigenvalue weighted by molar-refractivity contribution is 8.12. The molecule has 0 amide bonds. The number of methoxy groups -OCH3 is 1. The van der Waals surface area contributed by atoms with Crippen molar-refractivity contribution in [1.29, 1.82) is 0 Å². The van der Waals surface area contributed by atoms with Crippen LogP contribution in [0.3, 0.4) is 0 Å². The van der Waals surface area contributed by atoms with Crippen molar-refractivity contribution in [3.8, 4) is 0 Å². The molecule has 4 heteroatoms. The Balaban J connectivity index is 2.25. The summed E-state index contributed by atoms with van der Waals surface area (Å²) in [6, 6.07) is 8.22. The van der Waals surface area contributed by atoms with E-state index in [2.05, 4.69) is 22.1 Å². The maximum Gasteiger partial charge on any atom is 0.245 e. The van der Waals surface area contributed by atoms with Crippen molar-refractivity contribution < 1.29 is 4.74 Å². The van der Waals surface area contributed by atoms with E-state index < -0.39 is 0 Å². The van der Waals surface area contributed by atoms with Crippen LogP contribution in [0.2, 0.25) is 0 Å². The molecule has 0 spiro atoms. The highest BCUT2D eigenvalue weighted by Crippen LogP contribution is 2.18. The topological polar surface area (TPSA) is 37.4 Å². The molecule has 1 aromatic heterocycles. The van der Waals surface area contributed by atoms with Gasteiger partial charge in [0.1, 0.15) is 0 Å². The van der Waals surface area contributed by atoms with Crippen molar-refractivity contribution in [3.63, 3.8) is 0 Å². The van der Waals surface area contributed by atoms with Crippen LogP contribution in [0, 0.1) is 0 Å². The molecule has 0 aliphatic rings. The van der Waals surface area contributed by atoms with E-state index in [1.165, 1.54) is 22.7 Å². The summed E-state index contributed by atoms with van der Waals surface area (Å²) in [6.45, 7) is 0.647. The third-order valence-corrected chi connectivity index (χ3v) is 3.05. The largest absolute Gasteiger partial charge is 0.476 e. The van der Waals surface area contributed by atoms with Crippen LogP contribution < -0.4 is 0 Å². The van der Waals surface area contributed by atoms with Gasteiger partial charge in [0.15, 0.2) is 0 Å². The number of nitrogens with one attached hydrogen (secondary N) is 1. The van der Waals surface area contributed by atoms with Crippen molar-refractivity contribution in [2.45, 2.75) is 6.54 Å². The molecule has 0 atom stereocenters. The number of benzene rings is 1. The fraction of sp³-hybridized carbons (Fsp3) is 0.250. The number of H-pyrrole nitrogens is 1. The second-order valence-electron chi connectivity index (χ2n) is 3.35. The molecular formula is C12H14N2OS. The molecule has 3 nitrogen and oxygen atoms in total. The number of fused-ring (bicyclic) bond motifs is 1. The fourth-order valence-corrected chi connectivity index (χ4v) is 1.98. The molecule has 0 bridgehead atoms. The standard InChI is InChI=1S/C12H14N2OS/c1-15-12(16-2)14-8-9-7-13-11-6-4-3-5-10(9)11/h3-7,13H,8H2,1-2H3. The van der Waals surface area contributed by atoms with Crippen LogP contribution in [-0.4, -0.2) is 23.6 Å². The Labute approximate surface area is 98.9 Å². The maximum atomic E-state index is 5.11. The Hall–Kier alpha value is -1.42. The average Bonchev–Trinajstić information content (AvgIpc) is 2.74. The van der Waals surface area contributed by atoms with Gasteiger partial charge < -0.3 is 9.72 Å². The van der Waals surface area contributed by atoms with Crippen LogP contribution in [0.15, 0.2) is 35.5 Å². The van der Waals surface area contributed by atoms with Crippen LogP contribution in [0.4, 0.5) is 0 Å². The van der Waals surface area contributed by atoms with Crippen molar-refractivity contribution in [2.24, 2.45) is 4.99 Å². The normalized spacial score (nSPS) is 12.0. The summed E-state index contributed by atoms with van der Waals surface area (Å²) in [4.78, 5) is 7.62. The first-order valence-corrected chi connectivity index (χ1v) is 6.25. The smallest absolute Gasteiger partial charge is 0.245 e. The lowest BCUT2D eigenvalue weighted by molar-refractivity contribution is 0.414. The summed E-state index contributed by atoms with van der Waals surface area (Å²) >= 11 is 1.51. The molecule has 2 aromatic rings. The van der Waals surface area contributed by atoms with Crippen molar-refractivity contribution in [3.05, 3.63) is 36.0 Å². The summed E-state index contributed by atoms with van der Waals surface area (Å²) in [6.07, 6.45) is 3.96. The molecule has 0 aliphatic heterocycles.